The highest BCUT2D eigenvalue weighted by atomic mass is 32.2. The number of benzene rings is 1. The highest BCUT2D eigenvalue weighted by Crippen LogP contribution is 2.13. The third-order valence-corrected chi connectivity index (χ3v) is 2.97. The van der Waals surface area contributed by atoms with Crippen LogP contribution < -0.4 is 0 Å². The van der Waals surface area contributed by atoms with Gasteiger partial charge in [-0.05, 0) is 29.9 Å². The van der Waals surface area contributed by atoms with E-state index in [0.717, 1.165) is 11.3 Å². The molecule has 1 aromatic carbocycles. The van der Waals surface area contributed by atoms with Gasteiger partial charge in [0.1, 0.15) is 0 Å². The van der Waals surface area contributed by atoms with Gasteiger partial charge in [-0.1, -0.05) is 25.0 Å². The second-order valence-corrected chi connectivity index (χ2v) is 4.00. The van der Waals surface area contributed by atoms with E-state index in [1.165, 1.54) is 17.7 Å². The van der Waals surface area contributed by atoms with Gasteiger partial charge in [0.2, 0.25) is 0 Å². The summed E-state index contributed by atoms with van der Waals surface area (Å²) in [4.78, 5) is 0. The van der Waals surface area contributed by atoms with E-state index in [4.69, 9.17) is 6.42 Å². The number of thioether (sulfide) groups is 1. The van der Waals surface area contributed by atoms with Crippen molar-refractivity contribution in [1.82, 2.24) is 0 Å². The molecule has 1 aromatic rings. The van der Waals surface area contributed by atoms with Crippen LogP contribution in [0.25, 0.3) is 0 Å². The SMILES string of the molecule is C#Cc1ccc(CSCCC)cc1. The van der Waals surface area contributed by atoms with Crippen LogP contribution in [-0.2, 0) is 5.75 Å². The maximum Gasteiger partial charge on any atom is 0.0242 e. The lowest BCUT2D eigenvalue weighted by Gasteiger charge is -2.00. The van der Waals surface area contributed by atoms with Gasteiger partial charge in [0.15, 0.2) is 0 Å². The van der Waals surface area contributed by atoms with Gasteiger partial charge < -0.3 is 0 Å². The highest BCUT2D eigenvalue weighted by Gasteiger charge is 1.92. The molecule has 1 heteroatoms. The van der Waals surface area contributed by atoms with Crippen molar-refractivity contribution in [3.63, 3.8) is 0 Å². The molecular formula is C12H14S. The molecule has 0 aliphatic rings. The second kappa shape index (κ2) is 5.72. The van der Waals surface area contributed by atoms with Crippen LogP contribution in [0.15, 0.2) is 24.3 Å². The Morgan fingerprint density at radius 2 is 2.00 bits per heavy atom. The lowest BCUT2D eigenvalue weighted by Crippen LogP contribution is -1.82. The molecule has 0 bridgehead atoms. The first kappa shape index (κ1) is 10.2. The van der Waals surface area contributed by atoms with E-state index in [1.807, 2.05) is 23.9 Å². The summed E-state index contributed by atoms with van der Waals surface area (Å²) in [7, 11) is 0. The van der Waals surface area contributed by atoms with Crippen LogP contribution in [0.2, 0.25) is 0 Å². The summed E-state index contributed by atoms with van der Waals surface area (Å²) in [6, 6.07) is 8.22. The van der Waals surface area contributed by atoms with E-state index in [1.54, 1.807) is 0 Å². The molecule has 0 unspecified atom stereocenters. The monoisotopic (exact) mass is 190 g/mol. The van der Waals surface area contributed by atoms with E-state index < -0.39 is 0 Å². The van der Waals surface area contributed by atoms with Crippen LogP contribution >= 0.6 is 11.8 Å². The van der Waals surface area contributed by atoms with E-state index in [-0.39, 0.29) is 0 Å². The van der Waals surface area contributed by atoms with Crippen LogP contribution in [0.5, 0.6) is 0 Å². The molecule has 0 heterocycles. The zero-order valence-electron chi connectivity index (χ0n) is 7.92. The summed E-state index contributed by atoms with van der Waals surface area (Å²) in [6.07, 6.45) is 6.51. The Kier molecular flexibility index (Phi) is 4.49. The van der Waals surface area contributed by atoms with Crippen molar-refractivity contribution in [1.29, 1.82) is 0 Å². The Morgan fingerprint density at radius 3 is 2.54 bits per heavy atom. The molecule has 0 amide bonds. The molecule has 0 nitrogen and oxygen atoms in total. The van der Waals surface area contributed by atoms with Gasteiger partial charge in [-0.15, -0.1) is 6.42 Å². The lowest BCUT2D eigenvalue weighted by atomic mass is 10.2. The van der Waals surface area contributed by atoms with Crippen LogP contribution in [0.3, 0.4) is 0 Å². The van der Waals surface area contributed by atoms with Crippen LogP contribution in [0, 0.1) is 12.3 Å². The Labute approximate surface area is 84.7 Å². The molecule has 0 saturated heterocycles. The molecule has 0 aromatic heterocycles. The fourth-order valence-corrected chi connectivity index (χ4v) is 1.89. The first-order valence-electron chi connectivity index (χ1n) is 4.50. The smallest absolute Gasteiger partial charge is 0.0242 e. The summed E-state index contributed by atoms with van der Waals surface area (Å²) in [5.74, 6) is 4.94. The fourth-order valence-electron chi connectivity index (χ4n) is 1.03. The molecule has 1 rings (SSSR count). The highest BCUT2D eigenvalue weighted by molar-refractivity contribution is 7.98. The zero-order chi connectivity index (χ0) is 9.52. The molecule has 0 aliphatic carbocycles. The third kappa shape index (κ3) is 3.57. The minimum atomic E-state index is 0.962. The van der Waals surface area contributed by atoms with Crippen molar-refractivity contribution in [3.8, 4) is 12.3 Å². The van der Waals surface area contributed by atoms with Crippen molar-refractivity contribution in [2.24, 2.45) is 0 Å². The Bertz CT molecular complexity index is 279. The van der Waals surface area contributed by atoms with Gasteiger partial charge in [-0.25, -0.2) is 0 Å². The second-order valence-electron chi connectivity index (χ2n) is 2.89. The normalized spacial score (nSPS) is 9.54. The number of rotatable bonds is 4. The molecule has 0 atom stereocenters. The molecule has 0 aliphatic heterocycles. The molecular weight excluding hydrogens is 176 g/mol. The topological polar surface area (TPSA) is 0 Å². The first-order chi connectivity index (χ1) is 6.36. The summed E-state index contributed by atoms with van der Waals surface area (Å²) in [5.41, 5.74) is 2.32. The lowest BCUT2D eigenvalue weighted by molar-refractivity contribution is 1.10. The quantitative estimate of drug-likeness (QED) is 0.518. The average molecular weight is 190 g/mol. The van der Waals surface area contributed by atoms with E-state index in [9.17, 15) is 0 Å². The van der Waals surface area contributed by atoms with Crippen molar-refractivity contribution >= 4 is 11.8 Å². The number of hydrogen-bond acceptors (Lipinski definition) is 1. The summed E-state index contributed by atoms with van der Waals surface area (Å²) in [6.45, 7) is 2.20. The summed E-state index contributed by atoms with van der Waals surface area (Å²) < 4.78 is 0. The van der Waals surface area contributed by atoms with Crippen molar-refractivity contribution < 1.29 is 0 Å². The average Bonchev–Trinajstić information content (AvgIpc) is 2.19. The maximum atomic E-state index is 5.27. The van der Waals surface area contributed by atoms with Crippen molar-refractivity contribution in [2.75, 3.05) is 5.75 Å². The van der Waals surface area contributed by atoms with Gasteiger partial charge in [-0.3, -0.25) is 0 Å². The minimum Gasteiger partial charge on any atom is -0.157 e. The minimum absolute atomic E-state index is 0.962. The molecule has 0 fully saturated rings. The van der Waals surface area contributed by atoms with Gasteiger partial charge in [0.25, 0.3) is 0 Å². The summed E-state index contributed by atoms with van der Waals surface area (Å²) >= 11 is 1.97. The van der Waals surface area contributed by atoms with Crippen LogP contribution in [-0.4, -0.2) is 5.75 Å². The molecule has 0 spiro atoms. The van der Waals surface area contributed by atoms with E-state index >= 15 is 0 Å². The zero-order valence-corrected chi connectivity index (χ0v) is 8.73. The van der Waals surface area contributed by atoms with Gasteiger partial charge >= 0.3 is 0 Å². The van der Waals surface area contributed by atoms with Crippen LogP contribution in [0.1, 0.15) is 24.5 Å². The Balaban J connectivity index is 2.46. The molecule has 13 heavy (non-hydrogen) atoms. The first-order valence-corrected chi connectivity index (χ1v) is 5.65. The number of terminal acetylenes is 1. The molecule has 0 saturated carbocycles. The third-order valence-electron chi connectivity index (χ3n) is 1.74. The van der Waals surface area contributed by atoms with Crippen molar-refractivity contribution in [3.05, 3.63) is 35.4 Å². The number of hydrogen-bond donors (Lipinski definition) is 0. The standard InChI is InChI=1S/C12H14S/c1-3-9-13-10-12-7-5-11(4-2)6-8-12/h2,5-8H,3,9-10H2,1H3. The molecule has 0 N–H and O–H groups in total. The Hall–Kier alpha value is -0.870. The molecule has 68 valence electrons. The van der Waals surface area contributed by atoms with Gasteiger partial charge in [0.05, 0.1) is 0 Å². The van der Waals surface area contributed by atoms with Gasteiger partial charge in [0, 0.05) is 11.3 Å². The molecule has 0 radical (unpaired) electrons. The van der Waals surface area contributed by atoms with E-state index in [0.29, 0.717) is 0 Å². The van der Waals surface area contributed by atoms with Gasteiger partial charge in [-0.2, -0.15) is 11.8 Å². The van der Waals surface area contributed by atoms with E-state index in [2.05, 4.69) is 25.0 Å². The summed E-state index contributed by atoms with van der Waals surface area (Å²) in [5, 5.41) is 0. The fraction of sp³-hybridized carbons (Fsp3) is 0.333. The predicted molar refractivity (Wildman–Crippen MR) is 60.8 cm³/mol. The van der Waals surface area contributed by atoms with Crippen LogP contribution in [0.4, 0.5) is 0 Å². The Morgan fingerprint density at radius 1 is 1.31 bits per heavy atom. The van der Waals surface area contributed by atoms with Crippen molar-refractivity contribution in [2.45, 2.75) is 19.1 Å². The largest absolute Gasteiger partial charge is 0.157 e. The maximum absolute atomic E-state index is 5.27. The predicted octanol–water partition coefficient (Wildman–Crippen LogP) is 3.31.